The molecule has 114 valence electrons. The maximum absolute atomic E-state index is 9.96. The van der Waals surface area contributed by atoms with Gasteiger partial charge in [-0.25, -0.2) is 0 Å². The van der Waals surface area contributed by atoms with E-state index in [1.54, 1.807) is 6.07 Å². The zero-order chi connectivity index (χ0) is 15.6. The van der Waals surface area contributed by atoms with Crippen molar-refractivity contribution in [2.75, 3.05) is 0 Å². The van der Waals surface area contributed by atoms with Crippen LogP contribution in [-0.2, 0) is 5.41 Å². The van der Waals surface area contributed by atoms with E-state index in [0.717, 1.165) is 12.0 Å². The zero-order valence-corrected chi connectivity index (χ0v) is 13.9. The van der Waals surface area contributed by atoms with Gasteiger partial charge in [-0.05, 0) is 34.5 Å². The molecule has 0 bridgehead atoms. The van der Waals surface area contributed by atoms with Crippen LogP contribution in [0.15, 0.2) is 6.07 Å². The number of H-pyrrole nitrogens is 1. The number of nitrogens with one attached hydrogen (secondary N) is 1. The van der Waals surface area contributed by atoms with E-state index in [2.05, 4.69) is 53.5 Å². The molecule has 20 heavy (non-hydrogen) atoms. The highest BCUT2D eigenvalue weighted by molar-refractivity contribution is 5.39. The Morgan fingerprint density at radius 2 is 1.70 bits per heavy atom. The third-order valence-corrected chi connectivity index (χ3v) is 5.95. The summed E-state index contributed by atoms with van der Waals surface area (Å²) >= 11 is 0. The Morgan fingerprint density at radius 3 is 2.05 bits per heavy atom. The van der Waals surface area contributed by atoms with Gasteiger partial charge < -0.3 is 10.2 Å². The Labute approximate surface area is 122 Å². The first-order valence-corrected chi connectivity index (χ1v) is 7.44. The highest BCUT2D eigenvalue weighted by atomic mass is 16.3. The molecule has 0 aromatic carbocycles. The normalized spacial score (nSPS) is 30.6. The summed E-state index contributed by atoms with van der Waals surface area (Å²) in [5.74, 6) is 0.124. The van der Waals surface area contributed by atoms with E-state index in [9.17, 15) is 10.2 Å². The maximum Gasteiger partial charge on any atom is 0.195 e. The van der Waals surface area contributed by atoms with Gasteiger partial charge in [0.2, 0.25) is 0 Å². The second kappa shape index (κ2) is 3.96. The quantitative estimate of drug-likeness (QED) is 0.760. The number of hydrogen-bond acceptors (Lipinski definition) is 2. The summed E-state index contributed by atoms with van der Waals surface area (Å²) in [6.07, 6.45) is 2.21. The predicted molar refractivity (Wildman–Crippen MR) is 82.1 cm³/mol. The molecule has 2 unspecified atom stereocenters. The van der Waals surface area contributed by atoms with Gasteiger partial charge in [0.25, 0.3) is 0 Å². The van der Waals surface area contributed by atoms with Crippen LogP contribution in [0.25, 0.3) is 0 Å². The fourth-order valence-corrected chi connectivity index (χ4v) is 4.18. The van der Waals surface area contributed by atoms with Crippen LogP contribution >= 0.6 is 0 Å². The molecule has 1 aliphatic carbocycles. The second-order valence-corrected chi connectivity index (χ2v) is 8.80. The van der Waals surface area contributed by atoms with Crippen molar-refractivity contribution in [3.05, 3.63) is 11.6 Å². The fraction of sp³-hybridized carbons (Fsp3) is 0.765. The Morgan fingerprint density at radius 1 is 1.15 bits per heavy atom. The van der Waals surface area contributed by atoms with E-state index >= 15 is 0 Å². The molecule has 0 radical (unpaired) electrons. The Bertz CT molecular complexity index is 524. The number of rotatable bonds is 3. The van der Waals surface area contributed by atoms with E-state index in [1.165, 1.54) is 6.42 Å². The summed E-state index contributed by atoms with van der Waals surface area (Å²) in [5, 5.41) is 19.5. The smallest absolute Gasteiger partial charge is 0.195 e. The van der Waals surface area contributed by atoms with Crippen molar-refractivity contribution < 1.29 is 10.2 Å². The lowest BCUT2D eigenvalue weighted by molar-refractivity contribution is 0.156. The minimum absolute atomic E-state index is 0.0325. The third-order valence-electron chi connectivity index (χ3n) is 5.95. The molecule has 0 amide bonds. The van der Waals surface area contributed by atoms with Gasteiger partial charge in [0.1, 0.15) is 0 Å². The average Bonchev–Trinajstić information content (AvgIpc) is 2.60. The summed E-state index contributed by atoms with van der Waals surface area (Å²) in [4.78, 5) is 2.58. The monoisotopic (exact) mass is 279 g/mol. The van der Waals surface area contributed by atoms with Crippen LogP contribution in [0.2, 0.25) is 0 Å². The molecule has 3 nitrogen and oxygen atoms in total. The lowest BCUT2D eigenvalue weighted by Crippen LogP contribution is -2.29. The Kier molecular flexibility index (Phi) is 3.02. The minimum atomic E-state index is -0.167. The molecule has 0 spiro atoms. The van der Waals surface area contributed by atoms with Crippen molar-refractivity contribution in [1.29, 1.82) is 0 Å². The molecular formula is C17H29NO2. The van der Waals surface area contributed by atoms with E-state index in [1.807, 2.05) is 0 Å². The molecule has 3 N–H and O–H groups in total. The summed E-state index contributed by atoms with van der Waals surface area (Å²) < 4.78 is 0. The van der Waals surface area contributed by atoms with Crippen molar-refractivity contribution in [3.8, 4) is 11.8 Å². The van der Waals surface area contributed by atoms with E-state index in [-0.39, 0.29) is 28.0 Å². The first-order valence-electron chi connectivity index (χ1n) is 7.44. The van der Waals surface area contributed by atoms with Crippen LogP contribution in [0.3, 0.4) is 0 Å². The number of aromatic hydroxyl groups is 2. The van der Waals surface area contributed by atoms with Gasteiger partial charge in [0.15, 0.2) is 11.8 Å². The molecular weight excluding hydrogens is 250 g/mol. The molecule has 1 aromatic rings. The summed E-state index contributed by atoms with van der Waals surface area (Å²) in [5.41, 5.74) is 1.51. The second-order valence-electron chi connectivity index (χ2n) is 8.80. The first-order chi connectivity index (χ1) is 8.82. The van der Waals surface area contributed by atoms with Gasteiger partial charge in [-0.1, -0.05) is 48.5 Å². The van der Waals surface area contributed by atoms with Gasteiger partial charge in [0.05, 0.1) is 0 Å². The van der Waals surface area contributed by atoms with E-state index < -0.39 is 0 Å². The van der Waals surface area contributed by atoms with Crippen LogP contribution in [0.1, 0.15) is 66.9 Å². The van der Waals surface area contributed by atoms with Gasteiger partial charge >= 0.3 is 0 Å². The zero-order valence-electron chi connectivity index (χ0n) is 13.9. The Hall–Kier alpha value is -1.12. The van der Waals surface area contributed by atoms with Gasteiger partial charge in [-0.3, -0.25) is 4.98 Å². The molecule has 1 saturated carbocycles. The SMILES string of the molecule is CC(C)(CC1(C)CC1(C)C(C)(C)C)c1cc(O)[nH]c1O. The van der Waals surface area contributed by atoms with Crippen molar-refractivity contribution in [2.24, 2.45) is 16.2 Å². The molecule has 3 heteroatoms. The topological polar surface area (TPSA) is 56.2 Å². The van der Waals surface area contributed by atoms with E-state index in [4.69, 9.17) is 0 Å². The average molecular weight is 279 g/mol. The molecule has 0 saturated heterocycles. The lowest BCUT2D eigenvalue weighted by Gasteiger charge is -2.36. The Balaban J connectivity index is 2.25. The number of aromatic nitrogens is 1. The van der Waals surface area contributed by atoms with Crippen LogP contribution in [-0.4, -0.2) is 15.2 Å². The van der Waals surface area contributed by atoms with Crippen molar-refractivity contribution in [2.45, 2.75) is 66.7 Å². The fourth-order valence-electron chi connectivity index (χ4n) is 4.18. The largest absolute Gasteiger partial charge is 0.495 e. The van der Waals surface area contributed by atoms with Gasteiger partial charge in [-0.15, -0.1) is 0 Å². The van der Waals surface area contributed by atoms with Gasteiger partial charge in [0, 0.05) is 11.6 Å². The molecule has 1 heterocycles. The van der Waals surface area contributed by atoms with Crippen LogP contribution < -0.4 is 0 Å². The summed E-state index contributed by atoms with van der Waals surface area (Å²) in [7, 11) is 0. The van der Waals surface area contributed by atoms with E-state index in [0.29, 0.717) is 5.41 Å². The minimum Gasteiger partial charge on any atom is -0.495 e. The van der Waals surface area contributed by atoms with Crippen molar-refractivity contribution >= 4 is 0 Å². The van der Waals surface area contributed by atoms with Gasteiger partial charge in [-0.2, -0.15) is 0 Å². The first kappa shape index (κ1) is 15.3. The number of aromatic amines is 1. The van der Waals surface area contributed by atoms with Crippen molar-refractivity contribution in [1.82, 2.24) is 4.98 Å². The molecule has 2 rings (SSSR count). The highest BCUT2D eigenvalue weighted by Crippen LogP contribution is 2.74. The predicted octanol–water partition coefficient (Wildman–Crippen LogP) is 4.56. The highest BCUT2D eigenvalue weighted by Gasteiger charge is 2.66. The summed E-state index contributed by atoms with van der Waals surface area (Å²) in [6, 6.07) is 1.65. The maximum atomic E-state index is 9.96. The lowest BCUT2D eigenvalue weighted by atomic mass is 9.68. The number of hydrogen-bond donors (Lipinski definition) is 3. The van der Waals surface area contributed by atoms with Crippen molar-refractivity contribution in [3.63, 3.8) is 0 Å². The van der Waals surface area contributed by atoms with Crippen LogP contribution in [0, 0.1) is 16.2 Å². The third kappa shape index (κ3) is 2.11. The van der Waals surface area contributed by atoms with Crippen LogP contribution in [0.4, 0.5) is 0 Å². The van der Waals surface area contributed by atoms with Crippen LogP contribution in [0.5, 0.6) is 11.8 Å². The molecule has 2 atom stereocenters. The molecule has 1 aliphatic rings. The molecule has 1 fully saturated rings. The standard InChI is InChI=1S/C17H29NO2/c1-14(2,3)17(7)10-16(17,6)9-15(4,5)11-8-12(19)18-13(11)20/h8,18-20H,9-10H2,1-7H3. The molecule has 1 aromatic heterocycles. The summed E-state index contributed by atoms with van der Waals surface area (Å²) in [6.45, 7) is 15.9. The molecule has 0 aliphatic heterocycles.